The van der Waals surface area contributed by atoms with Crippen molar-refractivity contribution in [2.75, 3.05) is 5.32 Å². The molecule has 0 unspecified atom stereocenters. The number of aryl methyl sites for hydroxylation is 2. The molecule has 0 saturated carbocycles. The number of hydrogen-bond acceptors (Lipinski definition) is 6. The number of amides is 1. The van der Waals surface area contributed by atoms with Crippen LogP contribution in [-0.2, 0) is 0 Å². The number of anilines is 1. The summed E-state index contributed by atoms with van der Waals surface area (Å²) in [5.74, 6) is -1.77. The van der Waals surface area contributed by atoms with E-state index in [2.05, 4.69) is 20.3 Å². The van der Waals surface area contributed by atoms with Crippen LogP contribution in [0.25, 0.3) is 0 Å². The first-order chi connectivity index (χ1) is 8.99. The van der Waals surface area contributed by atoms with Crippen LogP contribution in [0, 0.1) is 13.8 Å². The average Bonchev–Trinajstić information content (AvgIpc) is 2.69. The zero-order chi connectivity index (χ0) is 14.0. The van der Waals surface area contributed by atoms with Crippen LogP contribution in [0.15, 0.2) is 12.4 Å². The number of thiazole rings is 1. The molecule has 7 nitrogen and oxygen atoms in total. The first kappa shape index (κ1) is 13.1. The van der Waals surface area contributed by atoms with Crippen LogP contribution in [0.4, 0.5) is 5.82 Å². The van der Waals surface area contributed by atoms with Gasteiger partial charge in [0.1, 0.15) is 4.88 Å². The molecule has 0 spiro atoms. The van der Waals surface area contributed by atoms with Crippen LogP contribution in [-0.4, -0.2) is 31.9 Å². The van der Waals surface area contributed by atoms with Crippen molar-refractivity contribution >= 4 is 29.0 Å². The summed E-state index contributed by atoms with van der Waals surface area (Å²) in [6.07, 6.45) is 2.56. The Hall–Kier alpha value is -2.35. The molecule has 0 fully saturated rings. The molecule has 2 rings (SSSR count). The molecule has 0 aromatic carbocycles. The van der Waals surface area contributed by atoms with E-state index in [1.807, 2.05) is 0 Å². The molecular weight excluding hydrogens is 268 g/mol. The number of carbonyl (C=O) groups is 2. The number of aromatic carboxylic acids is 1. The highest BCUT2D eigenvalue weighted by atomic mass is 32.1. The quantitative estimate of drug-likeness (QED) is 0.881. The van der Waals surface area contributed by atoms with Gasteiger partial charge in [0, 0.05) is 12.4 Å². The molecule has 0 saturated heterocycles. The highest BCUT2D eigenvalue weighted by molar-refractivity contribution is 7.13. The van der Waals surface area contributed by atoms with Crippen molar-refractivity contribution in [3.05, 3.63) is 33.7 Å². The lowest BCUT2D eigenvalue weighted by Crippen LogP contribution is -2.16. The minimum absolute atomic E-state index is 0.0783. The van der Waals surface area contributed by atoms with Crippen LogP contribution in [0.5, 0.6) is 0 Å². The first-order valence-electron chi connectivity index (χ1n) is 5.28. The van der Waals surface area contributed by atoms with Crippen LogP contribution >= 0.6 is 11.3 Å². The summed E-state index contributed by atoms with van der Waals surface area (Å²) in [4.78, 5) is 35.0. The Balaban J connectivity index is 2.29. The Bertz CT molecular complexity index is 653. The van der Waals surface area contributed by atoms with Gasteiger partial charge in [0.15, 0.2) is 11.5 Å². The van der Waals surface area contributed by atoms with Crippen molar-refractivity contribution in [3.8, 4) is 0 Å². The molecule has 0 atom stereocenters. The molecule has 1 amide bonds. The maximum atomic E-state index is 12.0. The number of rotatable bonds is 3. The van der Waals surface area contributed by atoms with Gasteiger partial charge in [0.25, 0.3) is 5.91 Å². The van der Waals surface area contributed by atoms with Crippen molar-refractivity contribution in [1.29, 1.82) is 0 Å². The predicted molar refractivity (Wildman–Crippen MR) is 68.5 cm³/mol. The zero-order valence-electron chi connectivity index (χ0n) is 10.2. The number of carboxylic acids is 1. The summed E-state index contributed by atoms with van der Waals surface area (Å²) in [5, 5.41) is 12.1. The molecule has 0 aliphatic carbocycles. The largest absolute Gasteiger partial charge is 0.476 e. The number of carbonyl (C=O) groups excluding carboxylic acids is 1. The van der Waals surface area contributed by atoms with Gasteiger partial charge < -0.3 is 10.4 Å². The Morgan fingerprint density at radius 2 is 1.95 bits per heavy atom. The highest BCUT2D eigenvalue weighted by Crippen LogP contribution is 2.19. The lowest BCUT2D eigenvalue weighted by Gasteiger charge is -2.05. The maximum absolute atomic E-state index is 12.0. The average molecular weight is 278 g/mol. The van der Waals surface area contributed by atoms with E-state index in [0.717, 1.165) is 5.01 Å². The molecule has 98 valence electrons. The minimum atomic E-state index is -1.25. The summed E-state index contributed by atoms with van der Waals surface area (Å²) in [5.41, 5.74) is 0.301. The molecule has 2 heterocycles. The molecule has 8 heteroatoms. The molecule has 2 N–H and O–H groups in total. The second kappa shape index (κ2) is 5.11. The lowest BCUT2D eigenvalue weighted by molar-refractivity contribution is 0.0691. The van der Waals surface area contributed by atoms with Crippen LogP contribution in [0.2, 0.25) is 0 Å². The summed E-state index contributed by atoms with van der Waals surface area (Å²) in [6.45, 7) is 3.51. The number of nitrogens with one attached hydrogen (secondary N) is 1. The van der Waals surface area contributed by atoms with Gasteiger partial charge in [0.05, 0.1) is 10.7 Å². The molecule has 0 radical (unpaired) electrons. The third-order valence-electron chi connectivity index (χ3n) is 2.24. The smallest absolute Gasteiger partial charge is 0.358 e. The fourth-order valence-corrected chi connectivity index (χ4v) is 2.31. The van der Waals surface area contributed by atoms with Crippen molar-refractivity contribution in [1.82, 2.24) is 15.0 Å². The van der Waals surface area contributed by atoms with E-state index in [9.17, 15) is 9.59 Å². The van der Waals surface area contributed by atoms with Gasteiger partial charge in [0.2, 0.25) is 0 Å². The van der Waals surface area contributed by atoms with Crippen molar-refractivity contribution in [2.24, 2.45) is 0 Å². The van der Waals surface area contributed by atoms with E-state index in [4.69, 9.17) is 5.11 Å². The Labute approximate surface area is 112 Å². The summed E-state index contributed by atoms with van der Waals surface area (Å²) in [6, 6.07) is 0. The van der Waals surface area contributed by atoms with Crippen LogP contribution in [0.3, 0.4) is 0 Å². The number of aromatic nitrogens is 3. The second-order valence-corrected chi connectivity index (χ2v) is 4.86. The monoisotopic (exact) mass is 278 g/mol. The summed E-state index contributed by atoms with van der Waals surface area (Å²) >= 11 is 1.24. The molecule has 0 aliphatic heterocycles. The van der Waals surface area contributed by atoms with E-state index >= 15 is 0 Å². The number of nitrogens with zero attached hydrogens (tertiary/aromatic N) is 3. The van der Waals surface area contributed by atoms with E-state index in [0.29, 0.717) is 10.6 Å². The van der Waals surface area contributed by atoms with Crippen molar-refractivity contribution < 1.29 is 14.7 Å². The van der Waals surface area contributed by atoms with E-state index in [1.165, 1.54) is 23.7 Å². The van der Waals surface area contributed by atoms with E-state index in [1.54, 1.807) is 13.8 Å². The van der Waals surface area contributed by atoms with Gasteiger partial charge in [-0.1, -0.05) is 0 Å². The van der Waals surface area contributed by atoms with Gasteiger partial charge in [-0.3, -0.25) is 4.79 Å². The van der Waals surface area contributed by atoms with Gasteiger partial charge in [-0.2, -0.15) is 0 Å². The maximum Gasteiger partial charge on any atom is 0.358 e. The number of hydrogen-bond donors (Lipinski definition) is 2. The van der Waals surface area contributed by atoms with Crippen LogP contribution < -0.4 is 5.32 Å². The molecule has 2 aromatic heterocycles. The van der Waals surface area contributed by atoms with E-state index < -0.39 is 11.9 Å². The molecule has 0 aliphatic rings. The Morgan fingerprint density at radius 1 is 1.26 bits per heavy atom. The predicted octanol–water partition coefficient (Wildman–Crippen LogP) is 1.50. The van der Waals surface area contributed by atoms with Crippen LogP contribution in [0.1, 0.15) is 30.9 Å². The van der Waals surface area contributed by atoms with Gasteiger partial charge in [-0.05, 0) is 13.8 Å². The van der Waals surface area contributed by atoms with Gasteiger partial charge in [-0.15, -0.1) is 11.3 Å². The SMILES string of the molecule is Cc1nc(C)c(C(=O)Nc2nccnc2C(=O)O)s1. The fourth-order valence-electron chi connectivity index (χ4n) is 1.49. The second-order valence-electron chi connectivity index (χ2n) is 3.66. The zero-order valence-corrected chi connectivity index (χ0v) is 11.0. The first-order valence-corrected chi connectivity index (χ1v) is 6.10. The Kier molecular flexibility index (Phi) is 3.52. The molecule has 19 heavy (non-hydrogen) atoms. The van der Waals surface area contributed by atoms with Gasteiger partial charge >= 0.3 is 5.97 Å². The normalized spacial score (nSPS) is 10.2. The fraction of sp³-hybridized carbons (Fsp3) is 0.182. The standard InChI is InChI=1S/C11H10N4O3S/c1-5-8(19-6(2)14-5)10(16)15-9-7(11(17)18)12-3-4-13-9/h3-4H,1-2H3,(H,17,18)(H,13,15,16). The highest BCUT2D eigenvalue weighted by Gasteiger charge is 2.19. The molecular formula is C11H10N4O3S. The van der Waals surface area contributed by atoms with Crippen molar-refractivity contribution in [3.63, 3.8) is 0 Å². The topological polar surface area (TPSA) is 105 Å². The van der Waals surface area contributed by atoms with Crippen molar-refractivity contribution in [2.45, 2.75) is 13.8 Å². The van der Waals surface area contributed by atoms with E-state index in [-0.39, 0.29) is 11.5 Å². The minimum Gasteiger partial charge on any atom is -0.476 e. The molecule has 2 aromatic rings. The number of carboxylic acid groups (broad SMARTS) is 1. The third-order valence-corrected chi connectivity index (χ3v) is 3.31. The summed E-state index contributed by atoms with van der Waals surface area (Å²) in [7, 11) is 0. The Morgan fingerprint density at radius 3 is 2.53 bits per heavy atom. The summed E-state index contributed by atoms with van der Waals surface area (Å²) < 4.78 is 0. The molecule has 0 bridgehead atoms. The third kappa shape index (κ3) is 2.74. The lowest BCUT2D eigenvalue weighted by atomic mass is 10.3. The van der Waals surface area contributed by atoms with Gasteiger partial charge in [-0.25, -0.2) is 19.7 Å².